The summed E-state index contributed by atoms with van der Waals surface area (Å²) in [4.78, 5) is 23.1. The van der Waals surface area contributed by atoms with Crippen molar-refractivity contribution in [3.05, 3.63) is 89.4 Å². The first-order chi connectivity index (χ1) is 13.0. The van der Waals surface area contributed by atoms with Crippen molar-refractivity contribution in [2.24, 2.45) is 0 Å². The summed E-state index contributed by atoms with van der Waals surface area (Å²) in [6.45, 7) is 2.21. The standard InChI is InChI=1S/C21H19NO5/c1-14(18-11-12-19(27-18)21(24)25)26-17-9-7-16(8-10-17)20(23)22-13-15-5-3-2-4-6-15/h2-12,14H,13H2,1H3,(H,22,23)(H,24,25). The maximum absolute atomic E-state index is 12.2. The van der Waals surface area contributed by atoms with Gasteiger partial charge in [-0.3, -0.25) is 4.79 Å². The number of rotatable bonds is 7. The summed E-state index contributed by atoms with van der Waals surface area (Å²) >= 11 is 0. The number of carboxylic acid groups (broad SMARTS) is 1. The first-order valence-electron chi connectivity index (χ1n) is 8.45. The summed E-state index contributed by atoms with van der Waals surface area (Å²) in [6, 6.07) is 19.4. The number of nitrogens with one attached hydrogen (secondary N) is 1. The Morgan fingerprint density at radius 3 is 2.37 bits per heavy atom. The second kappa shape index (κ2) is 8.23. The van der Waals surface area contributed by atoms with Gasteiger partial charge in [-0.25, -0.2) is 4.79 Å². The van der Waals surface area contributed by atoms with Gasteiger partial charge in [-0.15, -0.1) is 0 Å². The first kappa shape index (κ1) is 18.3. The van der Waals surface area contributed by atoms with E-state index in [4.69, 9.17) is 14.3 Å². The molecule has 3 aromatic rings. The molecule has 0 aliphatic rings. The van der Waals surface area contributed by atoms with Crippen molar-refractivity contribution in [1.29, 1.82) is 0 Å². The van der Waals surface area contributed by atoms with Gasteiger partial charge in [0.1, 0.15) is 11.5 Å². The smallest absolute Gasteiger partial charge is 0.371 e. The maximum atomic E-state index is 12.2. The fourth-order valence-corrected chi connectivity index (χ4v) is 2.51. The quantitative estimate of drug-likeness (QED) is 0.659. The van der Waals surface area contributed by atoms with Gasteiger partial charge in [-0.1, -0.05) is 30.3 Å². The molecule has 0 aliphatic heterocycles. The van der Waals surface area contributed by atoms with Crippen LogP contribution in [-0.4, -0.2) is 17.0 Å². The number of furan rings is 1. The van der Waals surface area contributed by atoms with Crippen molar-refractivity contribution >= 4 is 11.9 Å². The highest BCUT2D eigenvalue weighted by molar-refractivity contribution is 5.94. The molecule has 0 bridgehead atoms. The van der Waals surface area contributed by atoms with Crippen LogP contribution in [0.3, 0.4) is 0 Å². The van der Waals surface area contributed by atoms with Crippen molar-refractivity contribution in [3.63, 3.8) is 0 Å². The molecule has 3 rings (SSSR count). The van der Waals surface area contributed by atoms with E-state index in [1.165, 1.54) is 6.07 Å². The molecule has 2 N–H and O–H groups in total. The third-order valence-electron chi connectivity index (χ3n) is 3.96. The lowest BCUT2D eigenvalue weighted by Crippen LogP contribution is -2.22. The molecule has 6 nitrogen and oxygen atoms in total. The predicted molar refractivity (Wildman–Crippen MR) is 98.8 cm³/mol. The Balaban J connectivity index is 1.57. The number of aromatic carboxylic acids is 1. The van der Waals surface area contributed by atoms with E-state index in [-0.39, 0.29) is 11.7 Å². The van der Waals surface area contributed by atoms with Crippen LogP contribution >= 0.6 is 0 Å². The number of amides is 1. The zero-order chi connectivity index (χ0) is 19.2. The molecule has 0 fully saturated rings. The Morgan fingerprint density at radius 1 is 1.04 bits per heavy atom. The van der Waals surface area contributed by atoms with Gasteiger partial charge in [0.25, 0.3) is 5.91 Å². The van der Waals surface area contributed by atoms with Crippen LogP contribution in [0.15, 0.2) is 71.1 Å². The molecule has 27 heavy (non-hydrogen) atoms. The Hall–Kier alpha value is -3.54. The summed E-state index contributed by atoms with van der Waals surface area (Å²) in [6.07, 6.45) is -0.462. The van der Waals surface area contributed by atoms with Crippen molar-refractivity contribution in [2.75, 3.05) is 0 Å². The van der Waals surface area contributed by atoms with Gasteiger partial charge in [0.15, 0.2) is 6.10 Å². The highest BCUT2D eigenvalue weighted by Crippen LogP contribution is 2.23. The molecule has 0 saturated carbocycles. The minimum Gasteiger partial charge on any atom is -0.483 e. The van der Waals surface area contributed by atoms with E-state index in [1.807, 2.05) is 30.3 Å². The van der Waals surface area contributed by atoms with Crippen molar-refractivity contribution < 1.29 is 23.8 Å². The fourth-order valence-electron chi connectivity index (χ4n) is 2.51. The number of hydrogen-bond donors (Lipinski definition) is 2. The van der Waals surface area contributed by atoms with Crippen molar-refractivity contribution in [2.45, 2.75) is 19.6 Å². The average molecular weight is 365 g/mol. The van der Waals surface area contributed by atoms with Crippen LogP contribution in [0.2, 0.25) is 0 Å². The summed E-state index contributed by atoms with van der Waals surface area (Å²) in [5, 5.41) is 11.8. The van der Waals surface area contributed by atoms with Crippen LogP contribution in [0.5, 0.6) is 5.75 Å². The molecule has 138 valence electrons. The lowest BCUT2D eigenvalue weighted by Gasteiger charge is -2.13. The van der Waals surface area contributed by atoms with Gasteiger partial charge in [-0.2, -0.15) is 0 Å². The lowest BCUT2D eigenvalue weighted by molar-refractivity contribution is 0.0655. The molecule has 1 atom stereocenters. The highest BCUT2D eigenvalue weighted by atomic mass is 16.5. The molecule has 0 spiro atoms. The van der Waals surface area contributed by atoms with E-state index >= 15 is 0 Å². The first-order valence-corrected chi connectivity index (χ1v) is 8.45. The molecule has 1 unspecified atom stereocenters. The van der Waals surface area contributed by atoms with Gasteiger partial charge in [-0.05, 0) is 48.9 Å². The van der Waals surface area contributed by atoms with Crippen LogP contribution in [0.25, 0.3) is 0 Å². The minimum absolute atomic E-state index is 0.133. The van der Waals surface area contributed by atoms with E-state index < -0.39 is 12.1 Å². The third kappa shape index (κ3) is 4.76. The van der Waals surface area contributed by atoms with Gasteiger partial charge in [0.2, 0.25) is 5.76 Å². The molecule has 2 aromatic carbocycles. The van der Waals surface area contributed by atoms with Gasteiger partial charge in [0.05, 0.1) is 0 Å². The monoisotopic (exact) mass is 365 g/mol. The Labute approximate surface area is 156 Å². The highest BCUT2D eigenvalue weighted by Gasteiger charge is 2.15. The molecule has 0 aliphatic carbocycles. The molecule has 0 radical (unpaired) electrons. The number of hydrogen-bond acceptors (Lipinski definition) is 4. The topological polar surface area (TPSA) is 88.8 Å². The van der Waals surface area contributed by atoms with E-state index in [0.717, 1.165) is 5.56 Å². The third-order valence-corrected chi connectivity index (χ3v) is 3.96. The predicted octanol–water partition coefficient (Wildman–Crippen LogP) is 4.05. The number of carbonyl (C=O) groups is 2. The average Bonchev–Trinajstić information content (AvgIpc) is 3.18. The van der Waals surface area contributed by atoms with Crippen LogP contribution in [0.4, 0.5) is 0 Å². The van der Waals surface area contributed by atoms with Gasteiger partial charge >= 0.3 is 5.97 Å². The van der Waals surface area contributed by atoms with Crippen LogP contribution in [-0.2, 0) is 6.54 Å². The van der Waals surface area contributed by atoms with E-state index in [9.17, 15) is 9.59 Å². The molecule has 0 saturated heterocycles. The molecular weight excluding hydrogens is 346 g/mol. The summed E-state index contributed by atoms with van der Waals surface area (Å²) in [7, 11) is 0. The van der Waals surface area contributed by atoms with Crippen LogP contribution in [0, 0.1) is 0 Å². The van der Waals surface area contributed by atoms with E-state index in [2.05, 4.69) is 5.32 Å². The Bertz CT molecular complexity index is 915. The number of benzene rings is 2. The second-order valence-corrected chi connectivity index (χ2v) is 5.96. The number of carbonyl (C=O) groups excluding carboxylic acids is 1. The molecular formula is C21H19NO5. The van der Waals surface area contributed by atoms with Crippen LogP contribution in [0.1, 0.15) is 45.3 Å². The Morgan fingerprint density at radius 2 is 1.74 bits per heavy atom. The molecule has 1 heterocycles. The van der Waals surface area contributed by atoms with E-state index in [0.29, 0.717) is 23.6 Å². The van der Waals surface area contributed by atoms with Gasteiger partial charge in [0, 0.05) is 12.1 Å². The summed E-state index contributed by atoms with van der Waals surface area (Å²) in [5.41, 5.74) is 1.55. The fraction of sp³-hybridized carbons (Fsp3) is 0.143. The molecule has 1 aromatic heterocycles. The second-order valence-electron chi connectivity index (χ2n) is 5.96. The SMILES string of the molecule is CC(Oc1ccc(C(=O)NCc2ccccc2)cc1)c1ccc(C(=O)O)o1. The zero-order valence-corrected chi connectivity index (χ0v) is 14.7. The lowest BCUT2D eigenvalue weighted by atomic mass is 10.2. The minimum atomic E-state index is -1.13. The molecule has 6 heteroatoms. The summed E-state index contributed by atoms with van der Waals surface area (Å²) in [5.74, 6) is -0.465. The molecule has 1 amide bonds. The Kier molecular flexibility index (Phi) is 5.56. The van der Waals surface area contributed by atoms with Crippen molar-refractivity contribution in [1.82, 2.24) is 5.32 Å². The largest absolute Gasteiger partial charge is 0.483 e. The number of ether oxygens (including phenoxy) is 1. The number of carboxylic acids is 1. The zero-order valence-electron chi connectivity index (χ0n) is 14.7. The van der Waals surface area contributed by atoms with Crippen LogP contribution < -0.4 is 10.1 Å². The van der Waals surface area contributed by atoms with Crippen molar-refractivity contribution in [3.8, 4) is 5.75 Å². The normalized spacial score (nSPS) is 11.6. The maximum Gasteiger partial charge on any atom is 0.371 e. The van der Waals surface area contributed by atoms with E-state index in [1.54, 1.807) is 37.3 Å². The summed E-state index contributed by atoms with van der Waals surface area (Å²) < 4.78 is 11.0. The van der Waals surface area contributed by atoms with Gasteiger partial charge < -0.3 is 19.6 Å².